The minimum Gasteiger partial charge on any atom is -0.378 e. The minimum absolute atomic E-state index is 0.134. The van der Waals surface area contributed by atoms with E-state index in [-0.39, 0.29) is 5.91 Å². The maximum Gasteiger partial charge on any atom is 0.241 e. The topological polar surface area (TPSA) is 35.6 Å². The van der Waals surface area contributed by atoms with Gasteiger partial charge in [0.2, 0.25) is 5.91 Å². The first-order valence-corrected chi connectivity index (χ1v) is 6.37. The van der Waals surface area contributed by atoms with Crippen molar-refractivity contribution in [1.29, 1.82) is 0 Å². The molecule has 4 nitrogen and oxygen atoms in total. The molecule has 0 spiro atoms. The Bertz CT molecular complexity index is 386. The van der Waals surface area contributed by atoms with Gasteiger partial charge in [-0.2, -0.15) is 0 Å². The quantitative estimate of drug-likeness (QED) is 0.838. The molecule has 0 saturated carbocycles. The van der Waals surface area contributed by atoms with Gasteiger partial charge in [-0.1, -0.05) is 6.07 Å². The number of hydrogen-bond donors (Lipinski definition) is 1. The Labute approximate surface area is 110 Å². The van der Waals surface area contributed by atoms with Crippen LogP contribution in [0.3, 0.4) is 0 Å². The van der Waals surface area contributed by atoms with E-state index < -0.39 is 0 Å². The smallest absolute Gasteiger partial charge is 0.241 e. The average molecular weight is 249 g/mol. The van der Waals surface area contributed by atoms with Crippen molar-refractivity contribution in [1.82, 2.24) is 4.90 Å². The summed E-state index contributed by atoms with van der Waals surface area (Å²) >= 11 is 0. The monoisotopic (exact) mass is 249 g/mol. The van der Waals surface area contributed by atoms with E-state index in [4.69, 9.17) is 0 Å². The third kappa shape index (κ3) is 3.95. The largest absolute Gasteiger partial charge is 0.378 e. The van der Waals surface area contributed by atoms with Crippen LogP contribution >= 0.6 is 0 Å². The lowest BCUT2D eigenvalue weighted by atomic mass is 10.2. The Kier molecular flexibility index (Phi) is 5.49. The Morgan fingerprint density at radius 2 is 1.89 bits per heavy atom. The van der Waals surface area contributed by atoms with Gasteiger partial charge in [0.1, 0.15) is 0 Å². The van der Waals surface area contributed by atoms with Gasteiger partial charge >= 0.3 is 0 Å². The molecule has 1 N–H and O–H groups in total. The molecule has 1 rings (SSSR count). The second-order valence-electron chi connectivity index (χ2n) is 4.36. The second-order valence-corrected chi connectivity index (χ2v) is 4.36. The number of hydrogen-bond acceptors (Lipinski definition) is 3. The van der Waals surface area contributed by atoms with Crippen molar-refractivity contribution in [2.75, 3.05) is 43.9 Å². The highest BCUT2D eigenvalue weighted by atomic mass is 16.2. The summed E-state index contributed by atoms with van der Waals surface area (Å²) in [5.74, 6) is 0.134. The number of likely N-dealkylation sites (N-methyl/N-ethyl adjacent to an activating group) is 1. The molecule has 18 heavy (non-hydrogen) atoms. The van der Waals surface area contributed by atoms with Gasteiger partial charge in [0.15, 0.2) is 0 Å². The third-order valence-electron chi connectivity index (χ3n) is 2.92. The van der Waals surface area contributed by atoms with E-state index in [9.17, 15) is 4.79 Å². The summed E-state index contributed by atoms with van der Waals surface area (Å²) in [5, 5.41) is 3.17. The zero-order chi connectivity index (χ0) is 13.5. The molecule has 0 aliphatic carbocycles. The summed E-state index contributed by atoms with van der Waals surface area (Å²) in [7, 11) is 4.00. The highest BCUT2D eigenvalue weighted by Crippen LogP contribution is 2.16. The van der Waals surface area contributed by atoms with Crippen LogP contribution in [-0.2, 0) is 4.79 Å². The Hall–Kier alpha value is -1.71. The van der Waals surface area contributed by atoms with E-state index in [1.807, 2.05) is 62.0 Å². The van der Waals surface area contributed by atoms with Crippen LogP contribution in [0.4, 0.5) is 11.4 Å². The summed E-state index contributed by atoms with van der Waals surface area (Å²) in [5.41, 5.74) is 2.09. The van der Waals surface area contributed by atoms with Gasteiger partial charge in [0.05, 0.1) is 6.54 Å². The molecule has 4 heteroatoms. The fraction of sp³-hybridized carbons (Fsp3) is 0.500. The standard InChI is InChI=1S/C14H23N3O/c1-5-17(6-2)14(18)11-15-12-8-7-9-13(10-12)16(3)4/h7-10,15H,5-6,11H2,1-4H3. The zero-order valence-corrected chi connectivity index (χ0v) is 11.7. The second kappa shape index (κ2) is 6.89. The van der Waals surface area contributed by atoms with E-state index in [0.29, 0.717) is 6.54 Å². The lowest BCUT2D eigenvalue weighted by molar-refractivity contribution is -0.128. The van der Waals surface area contributed by atoms with Crippen LogP contribution in [0.5, 0.6) is 0 Å². The van der Waals surface area contributed by atoms with Gasteiger partial charge < -0.3 is 15.1 Å². The van der Waals surface area contributed by atoms with E-state index in [0.717, 1.165) is 24.5 Å². The molecule has 0 aromatic heterocycles. The van der Waals surface area contributed by atoms with Gasteiger partial charge in [-0.25, -0.2) is 0 Å². The molecule has 0 atom stereocenters. The van der Waals surface area contributed by atoms with Crippen LogP contribution in [0.25, 0.3) is 0 Å². The molecule has 0 fully saturated rings. The van der Waals surface area contributed by atoms with Gasteiger partial charge in [-0.05, 0) is 32.0 Å². The normalized spacial score (nSPS) is 10.0. The van der Waals surface area contributed by atoms with E-state index in [1.54, 1.807) is 0 Å². The molecule has 0 bridgehead atoms. The van der Waals surface area contributed by atoms with Crippen molar-refractivity contribution in [3.05, 3.63) is 24.3 Å². The van der Waals surface area contributed by atoms with Crippen molar-refractivity contribution in [2.24, 2.45) is 0 Å². The fourth-order valence-electron chi connectivity index (χ4n) is 1.76. The number of rotatable bonds is 6. The number of carbonyl (C=O) groups is 1. The van der Waals surface area contributed by atoms with Crippen molar-refractivity contribution in [3.63, 3.8) is 0 Å². The summed E-state index contributed by atoms with van der Waals surface area (Å²) in [6, 6.07) is 8.04. The predicted octanol–water partition coefficient (Wildman–Crippen LogP) is 2.03. The minimum atomic E-state index is 0.134. The number of benzene rings is 1. The molecule has 0 aliphatic rings. The molecule has 1 amide bonds. The van der Waals surface area contributed by atoms with Gasteiger partial charge in [0.25, 0.3) is 0 Å². The summed E-state index contributed by atoms with van der Waals surface area (Å²) in [4.78, 5) is 15.7. The lowest BCUT2D eigenvalue weighted by Crippen LogP contribution is -2.35. The van der Waals surface area contributed by atoms with Crippen LogP contribution in [-0.4, -0.2) is 44.5 Å². The number of carbonyl (C=O) groups excluding carboxylic acids is 1. The highest BCUT2D eigenvalue weighted by Gasteiger charge is 2.08. The van der Waals surface area contributed by atoms with Gasteiger partial charge in [0, 0.05) is 38.6 Å². The number of nitrogens with one attached hydrogen (secondary N) is 1. The molecule has 0 saturated heterocycles. The first-order chi connectivity index (χ1) is 8.58. The summed E-state index contributed by atoms with van der Waals surface area (Å²) in [6.45, 7) is 5.85. The molecular weight excluding hydrogens is 226 g/mol. The summed E-state index contributed by atoms with van der Waals surface area (Å²) in [6.07, 6.45) is 0. The van der Waals surface area contributed by atoms with Gasteiger partial charge in [-0.15, -0.1) is 0 Å². The maximum absolute atomic E-state index is 11.9. The molecular formula is C14H23N3O. The number of anilines is 2. The van der Waals surface area contributed by atoms with Crippen LogP contribution < -0.4 is 10.2 Å². The van der Waals surface area contributed by atoms with Crippen molar-refractivity contribution in [2.45, 2.75) is 13.8 Å². The zero-order valence-electron chi connectivity index (χ0n) is 11.7. The lowest BCUT2D eigenvalue weighted by Gasteiger charge is -2.19. The first-order valence-electron chi connectivity index (χ1n) is 6.37. The number of nitrogens with zero attached hydrogens (tertiary/aromatic N) is 2. The fourth-order valence-corrected chi connectivity index (χ4v) is 1.76. The Balaban J connectivity index is 2.58. The van der Waals surface area contributed by atoms with Crippen LogP contribution in [0, 0.1) is 0 Å². The number of amides is 1. The van der Waals surface area contributed by atoms with Crippen LogP contribution in [0.2, 0.25) is 0 Å². The third-order valence-corrected chi connectivity index (χ3v) is 2.92. The molecule has 1 aromatic rings. The maximum atomic E-state index is 11.9. The molecule has 0 unspecified atom stereocenters. The Morgan fingerprint density at radius 3 is 2.44 bits per heavy atom. The SMILES string of the molecule is CCN(CC)C(=O)CNc1cccc(N(C)C)c1. The predicted molar refractivity (Wildman–Crippen MR) is 77.2 cm³/mol. The average Bonchev–Trinajstić information content (AvgIpc) is 2.38. The van der Waals surface area contributed by atoms with E-state index in [2.05, 4.69) is 5.32 Å². The first kappa shape index (κ1) is 14.4. The van der Waals surface area contributed by atoms with Crippen molar-refractivity contribution >= 4 is 17.3 Å². The van der Waals surface area contributed by atoms with Gasteiger partial charge in [-0.3, -0.25) is 4.79 Å². The molecule has 100 valence electrons. The molecule has 0 aliphatic heterocycles. The molecule has 0 heterocycles. The van der Waals surface area contributed by atoms with E-state index >= 15 is 0 Å². The molecule has 1 aromatic carbocycles. The van der Waals surface area contributed by atoms with Crippen LogP contribution in [0.1, 0.15) is 13.8 Å². The molecule has 0 radical (unpaired) electrons. The highest BCUT2D eigenvalue weighted by molar-refractivity contribution is 5.81. The Morgan fingerprint density at radius 1 is 1.22 bits per heavy atom. The van der Waals surface area contributed by atoms with E-state index in [1.165, 1.54) is 0 Å². The van der Waals surface area contributed by atoms with Crippen molar-refractivity contribution in [3.8, 4) is 0 Å². The van der Waals surface area contributed by atoms with Crippen molar-refractivity contribution < 1.29 is 4.79 Å². The van der Waals surface area contributed by atoms with Crippen LogP contribution in [0.15, 0.2) is 24.3 Å². The summed E-state index contributed by atoms with van der Waals surface area (Å²) < 4.78 is 0.